The Hall–Kier alpha value is -2.33. The third-order valence-electron chi connectivity index (χ3n) is 3.69. The molecule has 2 rings (SSSR count). The molecule has 0 unspecified atom stereocenters. The van der Waals surface area contributed by atoms with Crippen LogP contribution >= 0.6 is 11.6 Å². The first-order valence-corrected chi connectivity index (χ1v) is 8.08. The van der Waals surface area contributed by atoms with E-state index >= 15 is 0 Å². The summed E-state index contributed by atoms with van der Waals surface area (Å²) in [6.07, 6.45) is 0.157. The topological polar surface area (TPSA) is 55.4 Å². The minimum absolute atomic E-state index is 0.157. The molecular weight excluding hydrogens is 326 g/mol. The lowest BCUT2D eigenvalue weighted by Crippen LogP contribution is -2.31. The highest BCUT2D eigenvalue weighted by atomic mass is 35.5. The van der Waals surface area contributed by atoms with Crippen molar-refractivity contribution in [1.82, 2.24) is 5.32 Å². The van der Waals surface area contributed by atoms with Crippen molar-refractivity contribution in [3.63, 3.8) is 0 Å². The lowest BCUT2D eigenvalue weighted by molar-refractivity contribution is -0.148. The van der Waals surface area contributed by atoms with Gasteiger partial charge in [0.1, 0.15) is 0 Å². The summed E-state index contributed by atoms with van der Waals surface area (Å²) < 4.78 is 5.05. The van der Waals surface area contributed by atoms with Crippen LogP contribution in [-0.4, -0.2) is 18.5 Å². The van der Waals surface area contributed by atoms with Gasteiger partial charge in [0.05, 0.1) is 12.5 Å². The first kappa shape index (κ1) is 18.0. The molecule has 2 aromatic rings. The summed E-state index contributed by atoms with van der Waals surface area (Å²) in [7, 11) is 0. The van der Waals surface area contributed by atoms with Crippen LogP contribution in [0.2, 0.25) is 5.02 Å². The van der Waals surface area contributed by atoms with Gasteiger partial charge in [0.25, 0.3) is 5.91 Å². The summed E-state index contributed by atoms with van der Waals surface area (Å²) in [5.41, 5.74) is 2.81. The molecule has 0 saturated carbocycles. The maximum atomic E-state index is 11.9. The van der Waals surface area contributed by atoms with Gasteiger partial charge in [-0.25, -0.2) is 0 Å². The zero-order valence-corrected chi connectivity index (χ0v) is 14.5. The highest BCUT2D eigenvalue weighted by molar-refractivity contribution is 6.30. The van der Waals surface area contributed by atoms with E-state index in [1.54, 1.807) is 12.1 Å². The Kier molecular flexibility index (Phi) is 6.38. The van der Waals surface area contributed by atoms with Gasteiger partial charge in [0.2, 0.25) is 0 Å². The van der Waals surface area contributed by atoms with Crippen molar-refractivity contribution in [3.8, 4) is 0 Å². The molecule has 0 saturated heterocycles. The summed E-state index contributed by atoms with van der Waals surface area (Å²) in [5.74, 6) is -0.768. The molecule has 126 valence electrons. The molecule has 0 heterocycles. The number of ether oxygens (including phenoxy) is 1. The van der Waals surface area contributed by atoms with E-state index in [4.69, 9.17) is 16.3 Å². The SMILES string of the molecule is Cc1ccccc1CC(=O)OCC(=O)N[C@H](C)c1cccc(Cl)c1. The summed E-state index contributed by atoms with van der Waals surface area (Å²) in [4.78, 5) is 23.8. The Morgan fingerprint density at radius 2 is 1.92 bits per heavy atom. The summed E-state index contributed by atoms with van der Waals surface area (Å²) >= 11 is 5.94. The monoisotopic (exact) mass is 345 g/mol. The molecule has 4 nitrogen and oxygen atoms in total. The van der Waals surface area contributed by atoms with Gasteiger partial charge in [-0.3, -0.25) is 9.59 Å². The second-order valence-electron chi connectivity index (χ2n) is 5.61. The third-order valence-corrected chi connectivity index (χ3v) is 3.92. The molecule has 0 aromatic heterocycles. The molecule has 0 radical (unpaired) electrons. The van der Waals surface area contributed by atoms with Crippen molar-refractivity contribution in [2.75, 3.05) is 6.61 Å². The number of esters is 1. The fourth-order valence-corrected chi connectivity index (χ4v) is 2.50. The predicted octanol–water partition coefficient (Wildman–Crippen LogP) is 3.61. The number of aryl methyl sites for hydroxylation is 1. The van der Waals surface area contributed by atoms with E-state index in [-0.39, 0.29) is 25.0 Å². The zero-order chi connectivity index (χ0) is 17.5. The molecule has 2 aromatic carbocycles. The van der Waals surface area contributed by atoms with E-state index in [0.29, 0.717) is 5.02 Å². The molecule has 0 aliphatic rings. The molecule has 1 atom stereocenters. The molecule has 0 fully saturated rings. The summed E-state index contributed by atoms with van der Waals surface area (Å²) in [6, 6.07) is 14.6. The number of hydrogen-bond donors (Lipinski definition) is 1. The van der Waals surface area contributed by atoms with Crippen molar-refractivity contribution in [2.24, 2.45) is 0 Å². The van der Waals surface area contributed by atoms with Crippen LogP contribution in [0.5, 0.6) is 0 Å². The van der Waals surface area contributed by atoms with Crippen LogP contribution in [-0.2, 0) is 20.7 Å². The van der Waals surface area contributed by atoms with E-state index in [2.05, 4.69) is 5.32 Å². The van der Waals surface area contributed by atoms with Crippen LogP contribution in [0.15, 0.2) is 48.5 Å². The van der Waals surface area contributed by atoms with Gasteiger partial charge in [0, 0.05) is 5.02 Å². The van der Waals surface area contributed by atoms with Crippen LogP contribution in [0.4, 0.5) is 0 Å². The molecular formula is C19H20ClNO3. The summed E-state index contributed by atoms with van der Waals surface area (Å²) in [5, 5.41) is 3.39. The Morgan fingerprint density at radius 1 is 1.17 bits per heavy atom. The number of benzene rings is 2. The van der Waals surface area contributed by atoms with E-state index in [9.17, 15) is 9.59 Å². The molecule has 0 bridgehead atoms. The number of nitrogens with one attached hydrogen (secondary N) is 1. The first-order chi connectivity index (χ1) is 11.5. The quantitative estimate of drug-likeness (QED) is 0.814. The van der Waals surface area contributed by atoms with Gasteiger partial charge in [-0.2, -0.15) is 0 Å². The second-order valence-corrected chi connectivity index (χ2v) is 6.04. The maximum absolute atomic E-state index is 11.9. The van der Waals surface area contributed by atoms with Gasteiger partial charge in [-0.1, -0.05) is 48.0 Å². The lowest BCUT2D eigenvalue weighted by Gasteiger charge is -2.14. The number of amides is 1. The molecule has 0 aliphatic carbocycles. The van der Waals surface area contributed by atoms with Crippen LogP contribution in [0.1, 0.15) is 29.7 Å². The Labute approximate surface area is 146 Å². The van der Waals surface area contributed by atoms with Crippen LogP contribution in [0.25, 0.3) is 0 Å². The Bertz CT molecular complexity index is 730. The number of hydrogen-bond acceptors (Lipinski definition) is 3. The molecule has 5 heteroatoms. The molecule has 1 N–H and O–H groups in total. The summed E-state index contributed by atoms with van der Waals surface area (Å²) in [6.45, 7) is 3.48. The lowest BCUT2D eigenvalue weighted by atomic mass is 10.1. The van der Waals surface area contributed by atoms with Crippen LogP contribution < -0.4 is 5.32 Å². The van der Waals surface area contributed by atoms with Crippen molar-refractivity contribution in [3.05, 3.63) is 70.2 Å². The number of carbonyl (C=O) groups excluding carboxylic acids is 2. The molecule has 24 heavy (non-hydrogen) atoms. The van der Waals surface area contributed by atoms with Gasteiger partial charge in [0.15, 0.2) is 6.61 Å². The minimum Gasteiger partial charge on any atom is -0.455 e. The molecule has 1 amide bonds. The second kappa shape index (κ2) is 8.50. The van der Waals surface area contributed by atoms with Crippen LogP contribution in [0, 0.1) is 6.92 Å². The normalized spacial score (nSPS) is 11.6. The standard InChI is InChI=1S/C19H20ClNO3/c1-13-6-3-4-7-15(13)11-19(23)24-12-18(22)21-14(2)16-8-5-9-17(20)10-16/h3-10,14H,11-12H2,1-2H3,(H,21,22)/t14-/m1/s1. The van der Waals surface area contributed by atoms with E-state index in [0.717, 1.165) is 16.7 Å². The number of rotatable bonds is 6. The van der Waals surface area contributed by atoms with E-state index in [1.807, 2.05) is 50.2 Å². The number of halogens is 1. The third kappa shape index (κ3) is 5.39. The number of carbonyl (C=O) groups is 2. The van der Waals surface area contributed by atoms with Crippen LogP contribution in [0.3, 0.4) is 0 Å². The van der Waals surface area contributed by atoms with Crippen molar-refractivity contribution < 1.29 is 14.3 Å². The van der Waals surface area contributed by atoms with Crippen molar-refractivity contribution in [1.29, 1.82) is 0 Å². The van der Waals surface area contributed by atoms with Crippen molar-refractivity contribution in [2.45, 2.75) is 26.3 Å². The van der Waals surface area contributed by atoms with Gasteiger partial charge in [-0.15, -0.1) is 0 Å². The predicted molar refractivity (Wildman–Crippen MR) is 93.9 cm³/mol. The average molecular weight is 346 g/mol. The fourth-order valence-electron chi connectivity index (χ4n) is 2.30. The fraction of sp³-hybridized carbons (Fsp3) is 0.263. The van der Waals surface area contributed by atoms with Gasteiger partial charge >= 0.3 is 5.97 Å². The maximum Gasteiger partial charge on any atom is 0.310 e. The average Bonchev–Trinajstić information content (AvgIpc) is 2.55. The van der Waals surface area contributed by atoms with E-state index < -0.39 is 5.97 Å². The van der Waals surface area contributed by atoms with Crippen molar-refractivity contribution >= 4 is 23.5 Å². The Balaban J connectivity index is 1.80. The largest absolute Gasteiger partial charge is 0.455 e. The zero-order valence-electron chi connectivity index (χ0n) is 13.7. The van der Waals surface area contributed by atoms with E-state index in [1.165, 1.54) is 0 Å². The smallest absolute Gasteiger partial charge is 0.310 e. The molecule has 0 spiro atoms. The minimum atomic E-state index is -0.421. The molecule has 0 aliphatic heterocycles. The Morgan fingerprint density at radius 3 is 2.62 bits per heavy atom. The van der Waals surface area contributed by atoms with Gasteiger partial charge in [-0.05, 0) is 42.7 Å². The first-order valence-electron chi connectivity index (χ1n) is 7.70. The highest BCUT2D eigenvalue weighted by Gasteiger charge is 2.13. The van der Waals surface area contributed by atoms with Gasteiger partial charge < -0.3 is 10.1 Å². The highest BCUT2D eigenvalue weighted by Crippen LogP contribution is 2.17.